The minimum absolute atomic E-state index is 0.273. The third-order valence-electron chi connectivity index (χ3n) is 3.41. The van der Waals surface area contributed by atoms with Crippen molar-refractivity contribution >= 4 is 17.0 Å². The zero-order chi connectivity index (χ0) is 15.4. The van der Waals surface area contributed by atoms with E-state index in [1.165, 1.54) is 0 Å². The Hall–Kier alpha value is -1.88. The van der Waals surface area contributed by atoms with Crippen LogP contribution in [-0.4, -0.2) is 33.3 Å². The van der Waals surface area contributed by atoms with Crippen molar-refractivity contribution in [3.63, 3.8) is 0 Å². The molecule has 21 heavy (non-hydrogen) atoms. The van der Waals surface area contributed by atoms with Crippen LogP contribution in [0.3, 0.4) is 0 Å². The van der Waals surface area contributed by atoms with E-state index >= 15 is 0 Å². The number of carbonyl (C=O) groups is 1. The van der Waals surface area contributed by atoms with Gasteiger partial charge in [-0.25, -0.2) is 9.78 Å². The minimum Gasteiger partial charge on any atom is -0.478 e. The third kappa shape index (κ3) is 3.82. The van der Waals surface area contributed by atoms with Gasteiger partial charge in [0.1, 0.15) is 5.82 Å². The summed E-state index contributed by atoms with van der Waals surface area (Å²) in [5.41, 5.74) is 2.01. The van der Waals surface area contributed by atoms with Gasteiger partial charge in [-0.1, -0.05) is 0 Å². The van der Waals surface area contributed by atoms with Crippen LogP contribution in [0.25, 0.3) is 11.0 Å². The van der Waals surface area contributed by atoms with Crippen LogP contribution < -0.4 is 0 Å². The van der Waals surface area contributed by atoms with E-state index in [9.17, 15) is 4.79 Å². The number of aryl methyl sites for hydroxylation is 2. The molecule has 0 radical (unpaired) electrons. The molecule has 0 bridgehead atoms. The van der Waals surface area contributed by atoms with E-state index in [0.29, 0.717) is 0 Å². The average Bonchev–Trinajstić information content (AvgIpc) is 2.73. The Morgan fingerprint density at radius 1 is 1.38 bits per heavy atom. The smallest absolute Gasteiger partial charge is 0.335 e. The molecule has 1 aromatic carbocycles. The first-order valence-corrected chi connectivity index (χ1v) is 7.31. The number of unbranched alkanes of at least 4 members (excludes halogenated alkanes) is 1. The van der Waals surface area contributed by atoms with Gasteiger partial charge in [0.2, 0.25) is 0 Å². The summed E-state index contributed by atoms with van der Waals surface area (Å²) in [4.78, 5) is 15.4. The molecule has 114 valence electrons. The monoisotopic (exact) mass is 290 g/mol. The molecule has 0 spiro atoms. The Bertz CT molecular complexity index is 632. The van der Waals surface area contributed by atoms with E-state index in [2.05, 4.69) is 9.55 Å². The molecular weight excluding hydrogens is 268 g/mol. The first kappa shape index (κ1) is 15.5. The zero-order valence-corrected chi connectivity index (χ0v) is 12.8. The summed E-state index contributed by atoms with van der Waals surface area (Å²) in [6, 6.07) is 5.09. The molecule has 0 fully saturated rings. The number of hydrogen-bond acceptors (Lipinski definition) is 3. The molecule has 5 nitrogen and oxygen atoms in total. The lowest BCUT2D eigenvalue weighted by atomic mass is 10.2. The number of nitrogens with zero attached hydrogens (tertiary/aromatic N) is 2. The number of fused-ring (bicyclic) bond motifs is 1. The fraction of sp³-hybridized carbons (Fsp3) is 0.500. The number of hydrogen-bond donors (Lipinski definition) is 1. The molecule has 0 amide bonds. The van der Waals surface area contributed by atoms with E-state index in [4.69, 9.17) is 9.84 Å². The van der Waals surface area contributed by atoms with Crippen LogP contribution >= 0.6 is 0 Å². The van der Waals surface area contributed by atoms with Crippen molar-refractivity contribution in [3.05, 3.63) is 29.6 Å². The van der Waals surface area contributed by atoms with Gasteiger partial charge in [-0.15, -0.1) is 0 Å². The summed E-state index contributed by atoms with van der Waals surface area (Å²) in [5.74, 6) is -0.00717. The fourth-order valence-corrected chi connectivity index (χ4v) is 2.36. The lowest BCUT2D eigenvalue weighted by molar-refractivity contribution is 0.0696. The maximum absolute atomic E-state index is 11.0. The van der Waals surface area contributed by atoms with Crippen LogP contribution in [0, 0.1) is 6.92 Å². The Morgan fingerprint density at radius 3 is 2.81 bits per heavy atom. The number of rotatable bonds is 7. The Kier molecular flexibility index (Phi) is 4.96. The maximum Gasteiger partial charge on any atom is 0.335 e. The topological polar surface area (TPSA) is 64.3 Å². The fourth-order valence-electron chi connectivity index (χ4n) is 2.36. The Labute approximate surface area is 124 Å². The van der Waals surface area contributed by atoms with Gasteiger partial charge in [-0.2, -0.15) is 0 Å². The van der Waals surface area contributed by atoms with Gasteiger partial charge in [0, 0.05) is 13.2 Å². The highest BCUT2D eigenvalue weighted by atomic mass is 16.5. The second-order valence-electron chi connectivity index (χ2n) is 5.45. The summed E-state index contributed by atoms with van der Waals surface area (Å²) < 4.78 is 7.67. The van der Waals surface area contributed by atoms with Crippen LogP contribution in [0.5, 0.6) is 0 Å². The van der Waals surface area contributed by atoms with E-state index in [1.54, 1.807) is 12.1 Å². The summed E-state index contributed by atoms with van der Waals surface area (Å²) in [6.07, 6.45) is 2.29. The van der Waals surface area contributed by atoms with Crippen molar-refractivity contribution in [2.45, 2.75) is 46.3 Å². The lowest BCUT2D eigenvalue weighted by Gasteiger charge is -2.09. The standard InChI is InChI=1S/C16H22N2O3/c1-11(2)21-9-5-4-8-18-12(3)17-14-10-13(16(19)20)6-7-15(14)18/h6-7,10-11H,4-5,8-9H2,1-3H3,(H,19,20). The second kappa shape index (κ2) is 6.72. The highest BCUT2D eigenvalue weighted by Gasteiger charge is 2.10. The average molecular weight is 290 g/mol. The molecule has 0 aliphatic carbocycles. The van der Waals surface area contributed by atoms with Crippen molar-refractivity contribution in [1.29, 1.82) is 0 Å². The molecule has 0 saturated carbocycles. The summed E-state index contributed by atoms with van der Waals surface area (Å²) in [7, 11) is 0. The van der Waals surface area contributed by atoms with Crippen LogP contribution in [0.1, 0.15) is 42.9 Å². The molecule has 2 rings (SSSR count). The molecule has 1 N–H and O–H groups in total. The van der Waals surface area contributed by atoms with Crippen LogP contribution in [0.4, 0.5) is 0 Å². The molecule has 0 unspecified atom stereocenters. The number of benzene rings is 1. The molecule has 0 aliphatic rings. The summed E-state index contributed by atoms with van der Waals surface area (Å²) in [6.45, 7) is 7.66. The van der Waals surface area contributed by atoms with Gasteiger partial charge in [0.25, 0.3) is 0 Å². The van der Waals surface area contributed by atoms with Crippen LogP contribution in [-0.2, 0) is 11.3 Å². The van der Waals surface area contributed by atoms with Crippen LogP contribution in [0.15, 0.2) is 18.2 Å². The van der Waals surface area contributed by atoms with Crippen molar-refractivity contribution in [2.24, 2.45) is 0 Å². The highest BCUT2D eigenvalue weighted by molar-refractivity contribution is 5.92. The minimum atomic E-state index is -0.921. The number of imidazole rings is 1. The Balaban J connectivity index is 2.06. The van der Waals surface area contributed by atoms with Gasteiger partial charge < -0.3 is 14.4 Å². The number of aromatic carboxylic acids is 1. The normalized spacial score (nSPS) is 11.4. The van der Waals surface area contributed by atoms with Crippen molar-refractivity contribution in [3.8, 4) is 0 Å². The van der Waals surface area contributed by atoms with Gasteiger partial charge in [-0.05, 0) is 51.8 Å². The number of ether oxygens (including phenoxy) is 1. The van der Waals surface area contributed by atoms with Crippen LogP contribution in [0.2, 0.25) is 0 Å². The first-order valence-electron chi connectivity index (χ1n) is 7.31. The van der Waals surface area contributed by atoms with Crippen molar-refractivity contribution < 1.29 is 14.6 Å². The summed E-state index contributed by atoms with van der Waals surface area (Å²) in [5, 5.41) is 9.02. The van der Waals surface area contributed by atoms with E-state index < -0.39 is 5.97 Å². The zero-order valence-electron chi connectivity index (χ0n) is 12.8. The molecule has 1 aromatic heterocycles. The van der Waals surface area contributed by atoms with Crippen molar-refractivity contribution in [2.75, 3.05) is 6.61 Å². The predicted octanol–water partition coefficient (Wildman–Crippen LogP) is 3.25. The molecule has 0 aliphatic heterocycles. The largest absolute Gasteiger partial charge is 0.478 e. The van der Waals surface area contributed by atoms with Gasteiger partial charge >= 0.3 is 5.97 Å². The van der Waals surface area contributed by atoms with E-state index in [1.807, 2.05) is 26.8 Å². The van der Waals surface area contributed by atoms with Gasteiger partial charge in [0.15, 0.2) is 0 Å². The molecular formula is C16H22N2O3. The van der Waals surface area contributed by atoms with Crippen molar-refractivity contribution in [1.82, 2.24) is 9.55 Å². The molecule has 0 saturated heterocycles. The second-order valence-corrected chi connectivity index (χ2v) is 5.45. The quantitative estimate of drug-likeness (QED) is 0.795. The lowest BCUT2D eigenvalue weighted by Crippen LogP contribution is -2.06. The van der Waals surface area contributed by atoms with Gasteiger partial charge in [-0.3, -0.25) is 0 Å². The molecule has 5 heteroatoms. The predicted molar refractivity (Wildman–Crippen MR) is 81.8 cm³/mol. The molecule has 2 aromatic rings. The highest BCUT2D eigenvalue weighted by Crippen LogP contribution is 2.18. The Morgan fingerprint density at radius 2 is 2.14 bits per heavy atom. The number of carboxylic acid groups (broad SMARTS) is 1. The van der Waals surface area contributed by atoms with Gasteiger partial charge in [0.05, 0.1) is 22.7 Å². The molecule has 1 heterocycles. The number of carboxylic acids is 1. The number of aromatic nitrogens is 2. The maximum atomic E-state index is 11.0. The molecule has 0 atom stereocenters. The van der Waals surface area contributed by atoms with E-state index in [0.717, 1.165) is 42.9 Å². The summed E-state index contributed by atoms with van der Waals surface area (Å²) >= 11 is 0. The third-order valence-corrected chi connectivity index (χ3v) is 3.41. The van der Waals surface area contributed by atoms with E-state index in [-0.39, 0.29) is 11.7 Å². The SMILES string of the molecule is Cc1nc2cc(C(=O)O)ccc2n1CCCCOC(C)C. The first-order chi connectivity index (χ1) is 9.99.